The molecular formula is C8H17N3O6S2. The smallest absolute Gasteiger partial charge is 0.321 e. The first-order valence-electron chi connectivity index (χ1n) is 4.85. The predicted octanol–water partition coefficient (Wildman–Crippen LogP) is -1.78. The van der Waals surface area contributed by atoms with Crippen molar-refractivity contribution in [1.29, 1.82) is 0 Å². The molecule has 0 rings (SSSR count). The summed E-state index contributed by atoms with van der Waals surface area (Å²) in [5.74, 6) is -2.65. The topological polar surface area (TPSA) is 190 Å². The summed E-state index contributed by atoms with van der Waals surface area (Å²) >= 11 is 0. The van der Waals surface area contributed by atoms with E-state index in [1.165, 1.54) is 21.6 Å². The number of nitrogens with two attached hydrogens (primary N) is 3. The molecule has 2 unspecified atom stereocenters. The van der Waals surface area contributed by atoms with Crippen LogP contribution in [-0.4, -0.2) is 63.4 Å². The van der Waals surface area contributed by atoms with Gasteiger partial charge in [-0.25, -0.2) is 0 Å². The minimum absolute atomic E-state index is 0.229. The zero-order valence-electron chi connectivity index (χ0n) is 9.89. The Morgan fingerprint density at radius 2 is 1.16 bits per heavy atom. The van der Waals surface area contributed by atoms with Crippen LogP contribution in [0.15, 0.2) is 0 Å². The van der Waals surface area contributed by atoms with Crippen LogP contribution in [0.4, 0.5) is 0 Å². The number of aliphatic carboxylic acids is 3. The fourth-order valence-corrected chi connectivity index (χ4v) is 2.61. The first-order chi connectivity index (χ1) is 8.72. The molecule has 0 aliphatic carbocycles. The summed E-state index contributed by atoms with van der Waals surface area (Å²) in [7, 11) is 2.41. The van der Waals surface area contributed by atoms with Gasteiger partial charge in [0.2, 0.25) is 0 Å². The van der Waals surface area contributed by atoms with Crippen LogP contribution in [0.2, 0.25) is 0 Å². The van der Waals surface area contributed by atoms with Gasteiger partial charge in [0.1, 0.15) is 12.1 Å². The van der Waals surface area contributed by atoms with E-state index in [1.807, 2.05) is 0 Å². The molecule has 0 amide bonds. The number of carboxylic acid groups (broad SMARTS) is 3. The molecule has 0 bridgehead atoms. The van der Waals surface area contributed by atoms with E-state index >= 15 is 0 Å². The minimum atomic E-state index is -1.07. The number of carbonyl (C=O) groups is 3. The third-order valence-corrected chi connectivity index (χ3v) is 3.86. The average molecular weight is 315 g/mol. The molecule has 0 spiro atoms. The molecule has 0 heterocycles. The van der Waals surface area contributed by atoms with Crippen LogP contribution in [0, 0.1) is 0 Å². The molecule has 2 atom stereocenters. The van der Waals surface area contributed by atoms with Crippen LogP contribution in [0.1, 0.15) is 0 Å². The zero-order chi connectivity index (χ0) is 15.4. The molecule has 0 aromatic carbocycles. The molecule has 0 fully saturated rings. The van der Waals surface area contributed by atoms with Crippen molar-refractivity contribution in [3.05, 3.63) is 0 Å². The predicted molar refractivity (Wildman–Crippen MR) is 72.8 cm³/mol. The van der Waals surface area contributed by atoms with Crippen LogP contribution in [0.3, 0.4) is 0 Å². The number of rotatable bonds is 8. The summed E-state index contributed by atoms with van der Waals surface area (Å²) in [5, 5.41) is 24.4. The highest BCUT2D eigenvalue weighted by molar-refractivity contribution is 8.76. The van der Waals surface area contributed by atoms with Crippen LogP contribution in [-0.2, 0) is 14.4 Å². The van der Waals surface area contributed by atoms with Crippen molar-refractivity contribution in [1.82, 2.24) is 0 Å². The lowest BCUT2D eigenvalue weighted by Gasteiger charge is -2.07. The molecule has 0 aromatic heterocycles. The Morgan fingerprint density at radius 1 is 0.895 bits per heavy atom. The van der Waals surface area contributed by atoms with Gasteiger partial charge in [-0.05, 0) is 0 Å². The van der Waals surface area contributed by atoms with Gasteiger partial charge in [-0.1, -0.05) is 21.6 Å². The average Bonchev–Trinajstić information content (AvgIpc) is 2.34. The Hall–Kier alpha value is -1.01. The second-order valence-electron chi connectivity index (χ2n) is 3.06. The third-order valence-electron chi connectivity index (χ3n) is 1.39. The first-order valence-corrected chi connectivity index (χ1v) is 7.34. The molecule has 0 aliphatic heterocycles. The lowest BCUT2D eigenvalue weighted by molar-refractivity contribution is -0.138. The van der Waals surface area contributed by atoms with Crippen molar-refractivity contribution in [3.8, 4) is 0 Å². The molecule has 112 valence electrons. The molecule has 0 aliphatic rings. The van der Waals surface area contributed by atoms with Crippen molar-refractivity contribution in [2.45, 2.75) is 12.1 Å². The molecule has 11 heteroatoms. The zero-order valence-corrected chi connectivity index (χ0v) is 11.5. The number of hydrogen-bond donors (Lipinski definition) is 6. The Bertz CT molecular complexity index is 282. The van der Waals surface area contributed by atoms with Gasteiger partial charge in [0.15, 0.2) is 0 Å². The normalized spacial score (nSPS) is 12.8. The Morgan fingerprint density at radius 3 is 1.32 bits per heavy atom. The van der Waals surface area contributed by atoms with Crippen molar-refractivity contribution in [3.63, 3.8) is 0 Å². The van der Waals surface area contributed by atoms with Gasteiger partial charge < -0.3 is 32.5 Å². The van der Waals surface area contributed by atoms with Gasteiger partial charge in [-0.3, -0.25) is 14.4 Å². The summed E-state index contributed by atoms with van der Waals surface area (Å²) in [6, 6.07) is -1.85. The fraction of sp³-hybridized carbons (Fsp3) is 0.625. The van der Waals surface area contributed by atoms with E-state index in [4.69, 9.17) is 26.8 Å². The van der Waals surface area contributed by atoms with Crippen molar-refractivity contribution >= 4 is 39.5 Å². The largest absolute Gasteiger partial charge is 0.480 e. The maximum absolute atomic E-state index is 10.3. The van der Waals surface area contributed by atoms with Gasteiger partial charge in [0, 0.05) is 11.5 Å². The molecule has 19 heavy (non-hydrogen) atoms. The van der Waals surface area contributed by atoms with E-state index in [-0.39, 0.29) is 18.1 Å². The molecule has 9 N–H and O–H groups in total. The lowest BCUT2D eigenvalue weighted by Crippen LogP contribution is -2.33. The van der Waals surface area contributed by atoms with Gasteiger partial charge in [-0.15, -0.1) is 0 Å². The minimum Gasteiger partial charge on any atom is -0.480 e. The molecule has 0 saturated heterocycles. The van der Waals surface area contributed by atoms with Gasteiger partial charge >= 0.3 is 17.9 Å². The Labute approximate surface area is 117 Å². The molecule has 0 saturated carbocycles. The standard InChI is InChI=1S/C6H12N2O4S2.C2H5NO2/c7-3(5(9)10)1-13-14-2-4(8)6(11)12;3-1-2(4)5/h3-4H,1-2,7-8H2,(H,9,10)(H,11,12);1,3H2,(H,4,5). The highest BCUT2D eigenvalue weighted by atomic mass is 33.1. The maximum atomic E-state index is 10.3. The van der Waals surface area contributed by atoms with Crippen LogP contribution in [0.25, 0.3) is 0 Å². The lowest BCUT2D eigenvalue weighted by atomic mass is 10.4. The summed E-state index contributed by atoms with van der Waals surface area (Å²) < 4.78 is 0. The fourth-order valence-electron chi connectivity index (χ4n) is 0.385. The second-order valence-corrected chi connectivity index (χ2v) is 5.61. The third kappa shape index (κ3) is 14.9. The van der Waals surface area contributed by atoms with Gasteiger partial charge in [0.25, 0.3) is 0 Å². The van der Waals surface area contributed by atoms with E-state index in [0.717, 1.165) is 0 Å². The summed E-state index contributed by atoms with van der Waals surface area (Å²) in [5.41, 5.74) is 15.0. The number of carboxylic acids is 3. The molecule has 0 aromatic rings. The second kappa shape index (κ2) is 12.0. The van der Waals surface area contributed by atoms with Crippen LogP contribution in [0.5, 0.6) is 0 Å². The molecule has 0 radical (unpaired) electrons. The van der Waals surface area contributed by atoms with Gasteiger partial charge in [-0.2, -0.15) is 0 Å². The highest BCUT2D eigenvalue weighted by Crippen LogP contribution is 2.22. The van der Waals surface area contributed by atoms with E-state index in [2.05, 4.69) is 5.73 Å². The van der Waals surface area contributed by atoms with Crippen molar-refractivity contribution in [2.75, 3.05) is 18.1 Å². The SMILES string of the molecule is NC(CSSCC(N)C(=O)O)C(=O)O.NCC(=O)O. The first kappa shape index (κ1) is 20.3. The van der Waals surface area contributed by atoms with E-state index in [9.17, 15) is 14.4 Å². The quantitative estimate of drug-likeness (QED) is 0.219. The maximum Gasteiger partial charge on any atom is 0.321 e. The van der Waals surface area contributed by atoms with Crippen LogP contribution >= 0.6 is 21.6 Å². The van der Waals surface area contributed by atoms with Crippen molar-refractivity contribution < 1.29 is 29.7 Å². The van der Waals surface area contributed by atoms with E-state index < -0.39 is 30.0 Å². The Balaban J connectivity index is 0. The monoisotopic (exact) mass is 315 g/mol. The van der Waals surface area contributed by atoms with E-state index in [1.54, 1.807) is 0 Å². The summed E-state index contributed by atoms with van der Waals surface area (Å²) in [6.45, 7) is -0.278. The Kier molecular flexibility index (Phi) is 12.9. The van der Waals surface area contributed by atoms with Crippen molar-refractivity contribution in [2.24, 2.45) is 17.2 Å². The van der Waals surface area contributed by atoms with E-state index in [0.29, 0.717) is 0 Å². The number of hydrogen-bond acceptors (Lipinski definition) is 8. The molecule has 9 nitrogen and oxygen atoms in total. The van der Waals surface area contributed by atoms with Gasteiger partial charge in [0.05, 0.1) is 6.54 Å². The highest BCUT2D eigenvalue weighted by Gasteiger charge is 2.14. The van der Waals surface area contributed by atoms with Crippen LogP contribution < -0.4 is 17.2 Å². The molecular weight excluding hydrogens is 298 g/mol. The summed E-state index contributed by atoms with van der Waals surface area (Å²) in [4.78, 5) is 29.8. The summed E-state index contributed by atoms with van der Waals surface area (Å²) in [6.07, 6.45) is 0.